The van der Waals surface area contributed by atoms with Crippen LogP contribution in [-0.4, -0.2) is 28.7 Å². The van der Waals surface area contributed by atoms with Crippen LogP contribution in [0.15, 0.2) is 60.7 Å². The average Bonchev–Trinajstić information content (AvgIpc) is 2.99. The number of nitrogens with zero attached hydrogens (tertiary/aromatic N) is 1. The van der Waals surface area contributed by atoms with Gasteiger partial charge < -0.3 is 5.32 Å². The van der Waals surface area contributed by atoms with E-state index in [1.54, 1.807) is 0 Å². The highest BCUT2D eigenvalue weighted by atomic mass is 35.5. The van der Waals surface area contributed by atoms with Crippen molar-refractivity contribution in [3.8, 4) is 0 Å². The number of amides is 3. The molecule has 0 spiro atoms. The lowest BCUT2D eigenvalue weighted by atomic mass is 10.0. The van der Waals surface area contributed by atoms with Gasteiger partial charge in [-0.05, 0) is 48.7 Å². The first-order valence-electron chi connectivity index (χ1n) is 10.0. The van der Waals surface area contributed by atoms with E-state index in [1.165, 1.54) is 12.1 Å². The zero-order valence-corrected chi connectivity index (χ0v) is 19.0. The van der Waals surface area contributed by atoms with Gasteiger partial charge in [0, 0.05) is 12.1 Å². The van der Waals surface area contributed by atoms with Crippen molar-refractivity contribution in [1.82, 2.24) is 4.90 Å². The molecule has 4 rings (SSSR count). The van der Waals surface area contributed by atoms with E-state index in [0.29, 0.717) is 5.69 Å². The predicted molar refractivity (Wildman–Crippen MR) is 125 cm³/mol. The maximum Gasteiger partial charge on any atom is 0.262 e. The molecule has 1 atom stereocenters. The number of anilines is 1. The van der Waals surface area contributed by atoms with Gasteiger partial charge in [-0.3, -0.25) is 19.3 Å². The smallest absolute Gasteiger partial charge is 0.262 e. The molecule has 0 radical (unpaired) electrons. The van der Waals surface area contributed by atoms with E-state index in [2.05, 4.69) is 5.32 Å². The predicted octanol–water partition coefficient (Wildman–Crippen LogP) is 5.46. The number of imide groups is 1. The summed E-state index contributed by atoms with van der Waals surface area (Å²) in [5, 5.41) is 3.25. The van der Waals surface area contributed by atoms with Crippen LogP contribution in [-0.2, 0) is 11.2 Å². The van der Waals surface area contributed by atoms with Gasteiger partial charge in [-0.2, -0.15) is 0 Å². The molecule has 0 unspecified atom stereocenters. The van der Waals surface area contributed by atoms with Crippen molar-refractivity contribution >= 4 is 46.6 Å². The van der Waals surface area contributed by atoms with Gasteiger partial charge in [0.05, 0.1) is 21.2 Å². The molecule has 3 aromatic rings. The Bertz CT molecular complexity index is 1200. The van der Waals surface area contributed by atoms with E-state index in [0.717, 1.165) is 21.6 Å². The summed E-state index contributed by atoms with van der Waals surface area (Å²) in [6.45, 7) is 3.81. The summed E-state index contributed by atoms with van der Waals surface area (Å²) in [5.74, 6) is -1.59. The van der Waals surface area contributed by atoms with Crippen LogP contribution in [0.5, 0.6) is 0 Å². The molecule has 0 aromatic heterocycles. The molecule has 5 nitrogen and oxygen atoms in total. The third-order valence-corrected chi connectivity index (χ3v) is 6.22. The van der Waals surface area contributed by atoms with Crippen molar-refractivity contribution in [2.45, 2.75) is 26.3 Å². The van der Waals surface area contributed by atoms with Crippen LogP contribution >= 0.6 is 23.2 Å². The Morgan fingerprint density at radius 2 is 1.50 bits per heavy atom. The van der Waals surface area contributed by atoms with Gasteiger partial charge in [-0.25, -0.2) is 0 Å². The van der Waals surface area contributed by atoms with E-state index in [4.69, 9.17) is 23.2 Å². The molecule has 1 N–H and O–H groups in total. The Balaban J connectivity index is 1.73. The first-order chi connectivity index (χ1) is 15.3. The normalized spacial score (nSPS) is 13.8. The Morgan fingerprint density at radius 1 is 0.906 bits per heavy atom. The van der Waals surface area contributed by atoms with Crippen molar-refractivity contribution in [3.63, 3.8) is 0 Å². The number of benzene rings is 3. The van der Waals surface area contributed by atoms with Gasteiger partial charge in [0.25, 0.3) is 11.8 Å². The van der Waals surface area contributed by atoms with Crippen molar-refractivity contribution in [2.24, 2.45) is 0 Å². The topological polar surface area (TPSA) is 66.5 Å². The molecule has 3 aromatic carbocycles. The average molecular weight is 467 g/mol. The summed E-state index contributed by atoms with van der Waals surface area (Å²) >= 11 is 12.1. The molecule has 1 aliphatic rings. The third kappa shape index (κ3) is 4.14. The minimum absolute atomic E-state index is 0.141. The molecule has 0 fully saturated rings. The summed E-state index contributed by atoms with van der Waals surface area (Å²) < 4.78 is 0. The number of fused-ring (bicyclic) bond motifs is 1. The molecule has 1 heterocycles. The Morgan fingerprint density at radius 3 is 2.09 bits per heavy atom. The lowest BCUT2D eigenvalue weighted by molar-refractivity contribution is -0.119. The first-order valence-corrected chi connectivity index (χ1v) is 10.8. The summed E-state index contributed by atoms with van der Waals surface area (Å²) in [4.78, 5) is 40.8. The van der Waals surface area contributed by atoms with E-state index in [1.807, 2.05) is 62.4 Å². The highest BCUT2D eigenvalue weighted by Crippen LogP contribution is 2.33. The minimum Gasteiger partial charge on any atom is -0.324 e. The molecule has 7 heteroatoms. The van der Waals surface area contributed by atoms with Gasteiger partial charge in [0.15, 0.2) is 0 Å². The zero-order valence-electron chi connectivity index (χ0n) is 17.5. The van der Waals surface area contributed by atoms with Crippen LogP contribution < -0.4 is 5.32 Å². The lowest BCUT2D eigenvalue weighted by Crippen LogP contribution is -2.48. The first kappa shape index (κ1) is 22.1. The highest BCUT2D eigenvalue weighted by molar-refractivity contribution is 6.43. The summed E-state index contributed by atoms with van der Waals surface area (Å²) in [5.41, 5.74) is 3.60. The van der Waals surface area contributed by atoms with Crippen molar-refractivity contribution in [2.75, 3.05) is 5.32 Å². The fourth-order valence-corrected chi connectivity index (χ4v) is 4.09. The van der Waals surface area contributed by atoms with Crippen LogP contribution in [0.1, 0.15) is 37.4 Å². The van der Waals surface area contributed by atoms with Crippen LogP contribution in [0.25, 0.3) is 0 Å². The minimum atomic E-state index is -1.05. The van der Waals surface area contributed by atoms with E-state index in [-0.39, 0.29) is 27.6 Å². The summed E-state index contributed by atoms with van der Waals surface area (Å²) in [6.07, 6.45) is 0.171. The molecule has 0 saturated carbocycles. The molecule has 3 amide bonds. The summed E-state index contributed by atoms with van der Waals surface area (Å²) in [7, 11) is 0. The Labute approximate surface area is 195 Å². The third-order valence-electron chi connectivity index (χ3n) is 5.50. The van der Waals surface area contributed by atoms with Crippen molar-refractivity contribution in [3.05, 3.63) is 98.5 Å². The molecule has 1 aliphatic heterocycles. The lowest BCUT2D eigenvalue weighted by Gasteiger charge is -2.26. The molecule has 0 saturated heterocycles. The SMILES string of the molecule is Cc1ccc(C)c(NC(=O)[C@H](Cc2ccccc2)N2C(=O)c3cc(Cl)c(Cl)cc3C2=O)c1. The van der Waals surface area contributed by atoms with E-state index >= 15 is 0 Å². The highest BCUT2D eigenvalue weighted by Gasteiger charge is 2.43. The largest absolute Gasteiger partial charge is 0.324 e. The Kier molecular flexibility index (Phi) is 6.04. The van der Waals surface area contributed by atoms with Crippen LogP contribution in [0.2, 0.25) is 10.0 Å². The number of halogens is 2. The maximum atomic E-state index is 13.4. The summed E-state index contributed by atoms with van der Waals surface area (Å²) in [6, 6.07) is 16.7. The molecular weight excluding hydrogens is 447 g/mol. The van der Waals surface area contributed by atoms with E-state index in [9.17, 15) is 14.4 Å². The zero-order chi connectivity index (χ0) is 23.0. The number of carbonyl (C=O) groups is 3. The quantitative estimate of drug-likeness (QED) is 0.507. The number of hydrogen-bond acceptors (Lipinski definition) is 3. The fraction of sp³-hybridized carbons (Fsp3) is 0.160. The molecule has 0 aliphatic carbocycles. The Hall–Kier alpha value is -3.15. The van der Waals surface area contributed by atoms with Gasteiger partial charge in [-0.15, -0.1) is 0 Å². The van der Waals surface area contributed by atoms with Gasteiger partial charge >= 0.3 is 0 Å². The second-order valence-electron chi connectivity index (χ2n) is 7.81. The number of aryl methyl sites for hydroxylation is 2. The van der Waals surface area contributed by atoms with Crippen LogP contribution in [0, 0.1) is 13.8 Å². The van der Waals surface area contributed by atoms with Crippen LogP contribution in [0.3, 0.4) is 0 Å². The number of rotatable bonds is 5. The fourth-order valence-electron chi connectivity index (χ4n) is 3.76. The van der Waals surface area contributed by atoms with Crippen molar-refractivity contribution < 1.29 is 14.4 Å². The number of nitrogens with one attached hydrogen (secondary N) is 1. The number of carbonyl (C=O) groups excluding carboxylic acids is 3. The second-order valence-corrected chi connectivity index (χ2v) is 8.62. The van der Waals surface area contributed by atoms with Gasteiger partial charge in [-0.1, -0.05) is 65.7 Å². The number of hydrogen-bond donors (Lipinski definition) is 1. The van der Waals surface area contributed by atoms with Gasteiger partial charge in [0.1, 0.15) is 6.04 Å². The molecular formula is C25H20Cl2N2O3. The van der Waals surface area contributed by atoms with Crippen molar-refractivity contribution in [1.29, 1.82) is 0 Å². The molecule has 162 valence electrons. The molecule has 32 heavy (non-hydrogen) atoms. The van der Waals surface area contributed by atoms with Crippen LogP contribution in [0.4, 0.5) is 5.69 Å². The molecule has 0 bridgehead atoms. The monoisotopic (exact) mass is 466 g/mol. The standard InChI is InChI=1S/C25H20Cl2N2O3/c1-14-8-9-15(2)21(10-14)28-23(30)22(11-16-6-4-3-5-7-16)29-24(31)17-12-19(26)20(27)13-18(17)25(29)32/h3-10,12-13,22H,11H2,1-2H3,(H,28,30)/t22-/m0/s1. The van der Waals surface area contributed by atoms with E-state index < -0.39 is 23.8 Å². The maximum absolute atomic E-state index is 13.4. The second kappa shape index (κ2) is 8.77. The van der Waals surface area contributed by atoms with Gasteiger partial charge in [0.2, 0.25) is 5.91 Å².